The maximum atomic E-state index is 13.5. The van der Waals surface area contributed by atoms with Crippen molar-refractivity contribution in [1.82, 2.24) is 16.0 Å². The first-order valence-electron chi connectivity index (χ1n) is 13.3. The smallest absolute Gasteiger partial charge is 0.326 e. The molecule has 0 heterocycles. The molecule has 4 unspecified atom stereocenters. The first-order valence-corrected chi connectivity index (χ1v) is 13.3. The molecule has 0 aromatic heterocycles. The number of carboxylic acids is 2. The van der Waals surface area contributed by atoms with Crippen molar-refractivity contribution in [2.24, 2.45) is 11.5 Å². The van der Waals surface area contributed by atoms with Crippen molar-refractivity contribution >= 4 is 29.7 Å². The van der Waals surface area contributed by atoms with Crippen LogP contribution in [-0.4, -0.2) is 80.8 Å². The van der Waals surface area contributed by atoms with Gasteiger partial charge in [0.2, 0.25) is 17.7 Å². The molecular weight excluding hydrogens is 550 g/mol. The fourth-order valence-electron chi connectivity index (χ4n) is 4.02. The zero-order chi connectivity index (χ0) is 31.2. The molecule has 0 aliphatic heterocycles. The number of carboxylic acid groups (broad SMARTS) is 2. The maximum Gasteiger partial charge on any atom is 0.326 e. The minimum absolute atomic E-state index is 0.00862. The van der Waals surface area contributed by atoms with E-state index in [0.29, 0.717) is 30.5 Å². The lowest BCUT2D eigenvalue weighted by molar-refractivity contribution is -0.147. The molecule has 228 valence electrons. The molecule has 0 bridgehead atoms. The third-order valence-corrected chi connectivity index (χ3v) is 6.31. The third-order valence-electron chi connectivity index (χ3n) is 6.31. The summed E-state index contributed by atoms with van der Waals surface area (Å²) in [6, 6.07) is 6.71. The first kappa shape index (κ1) is 33.5. The Morgan fingerprint density at radius 2 is 1.14 bits per heavy atom. The average Bonchev–Trinajstić information content (AvgIpc) is 2.93. The van der Waals surface area contributed by atoms with E-state index in [4.69, 9.17) is 16.6 Å². The highest BCUT2D eigenvalue weighted by Crippen LogP contribution is 2.14. The van der Waals surface area contributed by atoms with Gasteiger partial charge in [0.15, 0.2) is 0 Å². The lowest BCUT2D eigenvalue weighted by Gasteiger charge is -2.25. The van der Waals surface area contributed by atoms with E-state index in [-0.39, 0.29) is 30.8 Å². The summed E-state index contributed by atoms with van der Waals surface area (Å²) in [6.45, 7) is 0.303. The number of hydrogen-bond acceptors (Lipinski definition) is 9. The van der Waals surface area contributed by atoms with Crippen LogP contribution in [0, 0.1) is 0 Å². The van der Waals surface area contributed by atoms with Crippen LogP contribution in [0.4, 0.5) is 0 Å². The van der Waals surface area contributed by atoms with Gasteiger partial charge in [-0.05, 0) is 67.6 Å². The Bertz CT molecular complexity index is 1220. The molecule has 2 rings (SSSR count). The monoisotopic (exact) mass is 587 g/mol. The van der Waals surface area contributed by atoms with E-state index in [0.717, 1.165) is 0 Å². The second-order valence-electron chi connectivity index (χ2n) is 9.75. The van der Waals surface area contributed by atoms with Crippen LogP contribution in [0.25, 0.3) is 0 Å². The molecule has 0 aliphatic carbocycles. The molecular formula is C28H37N5O9. The lowest BCUT2D eigenvalue weighted by Crippen LogP contribution is -2.58. The molecule has 0 radical (unpaired) electrons. The number of phenols is 2. The van der Waals surface area contributed by atoms with Gasteiger partial charge in [-0.3, -0.25) is 19.2 Å². The Morgan fingerprint density at radius 3 is 1.64 bits per heavy atom. The van der Waals surface area contributed by atoms with Crippen molar-refractivity contribution in [2.45, 2.75) is 62.7 Å². The largest absolute Gasteiger partial charge is 0.508 e. The van der Waals surface area contributed by atoms with Gasteiger partial charge >= 0.3 is 11.9 Å². The highest BCUT2D eigenvalue weighted by Gasteiger charge is 2.31. The van der Waals surface area contributed by atoms with Gasteiger partial charge in [0, 0.05) is 6.42 Å². The van der Waals surface area contributed by atoms with Crippen molar-refractivity contribution < 1.29 is 44.4 Å². The van der Waals surface area contributed by atoms with E-state index in [1.54, 1.807) is 24.3 Å². The van der Waals surface area contributed by atoms with E-state index < -0.39 is 60.2 Å². The van der Waals surface area contributed by atoms with Gasteiger partial charge in [0.1, 0.15) is 29.6 Å². The molecule has 0 saturated heterocycles. The predicted octanol–water partition coefficient (Wildman–Crippen LogP) is -0.647. The van der Waals surface area contributed by atoms with Crippen LogP contribution in [0.3, 0.4) is 0 Å². The van der Waals surface area contributed by atoms with Crippen LogP contribution in [0.1, 0.15) is 36.8 Å². The Hall–Kier alpha value is -4.69. The van der Waals surface area contributed by atoms with Crippen LogP contribution in [0.2, 0.25) is 0 Å². The standard InChI is InChI=1S/C28H37N5O9/c29-12-2-1-3-21(26(39)33-23(28(41)42)15-24(36)37)31-27(40)22(14-17-6-10-19(35)11-7-17)32-25(38)20(30)13-16-4-8-18(34)9-5-16/h4-11,20-23,34-35H,1-3,12-15,29-30H2,(H,31,40)(H,32,38)(H,33,39)(H,36,37)(H,41,42). The van der Waals surface area contributed by atoms with Crippen LogP contribution < -0.4 is 27.4 Å². The van der Waals surface area contributed by atoms with Gasteiger partial charge in [-0.1, -0.05) is 24.3 Å². The van der Waals surface area contributed by atoms with Gasteiger partial charge in [-0.25, -0.2) is 4.79 Å². The minimum atomic E-state index is -1.73. The number of carbonyl (C=O) groups is 5. The Balaban J connectivity index is 2.24. The number of benzene rings is 2. The number of carbonyl (C=O) groups excluding carboxylic acids is 3. The normalized spacial score (nSPS) is 13.7. The molecule has 0 saturated carbocycles. The van der Waals surface area contributed by atoms with E-state index in [1.807, 2.05) is 0 Å². The minimum Gasteiger partial charge on any atom is -0.508 e. The molecule has 4 atom stereocenters. The quantitative estimate of drug-likeness (QED) is 0.105. The fourth-order valence-corrected chi connectivity index (χ4v) is 4.02. The van der Waals surface area contributed by atoms with Crippen LogP contribution in [-0.2, 0) is 36.8 Å². The first-order chi connectivity index (χ1) is 19.9. The molecule has 0 spiro atoms. The summed E-state index contributed by atoms with van der Waals surface area (Å²) in [5.74, 6) is -5.31. The van der Waals surface area contributed by atoms with Crippen LogP contribution in [0.5, 0.6) is 11.5 Å². The molecule has 2 aromatic rings. The molecule has 3 amide bonds. The number of amides is 3. The van der Waals surface area contributed by atoms with Crippen molar-refractivity contribution in [3.8, 4) is 11.5 Å². The predicted molar refractivity (Wildman–Crippen MR) is 150 cm³/mol. The van der Waals surface area contributed by atoms with E-state index in [9.17, 15) is 39.3 Å². The molecule has 14 nitrogen and oxygen atoms in total. The Kier molecular flexibility index (Phi) is 13.2. The molecule has 2 aromatic carbocycles. The summed E-state index contributed by atoms with van der Waals surface area (Å²) >= 11 is 0. The SMILES string of the molecule is NCCCCC(NC(=O)C(Cc1ccc(O)cc1)NC(=O)C(N)Cc1ccc(O)cc1)C(=O)NC(CC(=O)O)C(=O)O. The summed E-state index contributed by atoms with van der Waals surface area (Å²) in [5, 5.41) is 44.7. The summed E-state index contributed by atoms with van der Waals surface area (Å²) in [5.41, 5.74) is 12.9. The van der Waals surface area contributed by atoms with Gasteiger partial charge in [0.25, 0.3) is 0 Å². The van der Waals surface area contributed by atoms with E-state index >= 15 is 0 Å². The van der Waals surface area contributed by atoms with Crippen LogP contribution in [0.15, 0.2) is 48.5 Å². The summed E-state index contributed by atoms with van der Waals surface area (Å²) in [7, 11) is 0. The maximum absolute atomic E-state index is 13.5. The second kappa shape index (κ2) is 16.5. The zero-order valence-electron chi connectivity index (χ0n) is 22.9. The third kappa shape index (κ3) is 11.4. The number of nitrogens with two attached hydrogens (primary N) is 2. The molecule has 0 aliphatic rings. The number of phenolic OH excluding ortho intramolecular Hbond substituents is 2. The molecule has 11 N–H and O–H groups in total. The van der Waals surface area contributed by atoms with Gasteiger partial charge < -0.3 is 47.8 Å². The molecule has 42 heavy (non-hydrogen) atoms. The number of hydrogen-bond donors (Lipinski definition) is 9. The zero-order valence-corrected chi connectivity index (χ0v) is 22.9. The van der Waals surface area contributed by atoms with Crippen molar-refractivity contribution in [3.63, 3.8) is 0 Å². The van der Waals surface area contributed by atoms with Gasteiger partial charge in [-0.15, -0.1) is 0 Å². The Labute approximate surface area is 242 Å². The number of aliphatic carboxylic acids is 2. The van der Waals surface area contributed by atoms with Gasteiger partial charge in [-0.2, -0.15) is 0 Å². The lowest BCUT2D eigenvalue weighted by atomic mass is 10.0. The highest BCUT2D eigenvalue weighted by molar-refractivity contribution is 5.94. The van der Waals surface area contributed by atoms with Crippen LogP contribution >= 0.6 is 0 Å². The summed E-state index contributed by atoms with van der Waals surface area (Å²) in [4.78, 5) is 62.0. The van der Waals surface area contributed by atoms with E-state index in [1.165, 1.54) is 24.3 Å². The Morgan fingerprint density at radius 1 is 0.667 bits per heavy atom. The number of rotatable bonds is 17. The molecule has 0 fully saturated rings. The molecule has 14 heteroatoms. The second-order valence-corrected chi connectivity index (χ2v) is 9.75. The van der Waals surface area contributed by atoms with E-state index in [2.05, 4.69) is 16.0 Å². The average molecular weight is 588 g/mol. The highest BCUT2D eigenvalue weighted by atomic mass is 16.4. The summed E-state index contributed by atoms with van der Waals surface area (Å²) in [6.07, 6.45) is 0.133. The fraction of sp³-hybridized carbons (Fsp3) is 0.393. The topological polar surface area (TPSA) is 254 Å². The van der Waals surface area contributed by atoms with Crippen molar-refractivity contribution in [2.75, 3.05) is 6.54 Å². The number of unbranched alkanes of at least 4 members (excludes halogenated alkanes) is 1. The number of nitrogens with one attached hydrogen (secondary N) is 3. The number of aromatic hydroxyl groups is 2. The van der Waals surface area contributed by atoms with Gasteiger partial charge in [0.05, 0.1) is 12.5 Å². The van der Waals surface area contributed by atoms with Crippen molar-refractivity contribution in [1.29, 1.82) is 0 Å². The summed E-state index contributed by atoms with van der Waals surface area (Å²) < 4.78 is 0. The van der Waals surface area contributed by atoms with Crippen molar-refractivity contribution in [3.05, 3.63) is 59.7 Å².